The van der Waals surface area contributed by atoms with E-state index >= 15 is 0 Å². The Labute approximate surface area is 133 Å². The zero-order valence-electron chi connectivity index (χ0n) is 12.9. The van der Waals surface area contributed by atoms with Crippen molar-refractivity contribution in [3.8, 4) is 0 Å². The van der Waals surface area contributed by atoms with Gasteiger partial charge in [0.15, 0.2) is 0 Å². The minimum absolute atomic E-state index is 0.261. The molecule has 0 aromatic carbocycles. The molecule has 9 nitrogen and oxygen atoms in total. The molecule has 0 amide bonds. The first-order valence-corrected chi connectivity index (χ1v) is 6.83. The topological polar surface area (TPSA) is 109 Å². The molecule has 0 bridgehead atoms. The lowest BCUT2D eigenvalue weighted by atomic mass is 10.4. The molecule has 1 N–H and O–H groups in total. The number of aromatic nitrogens is 4. The SMILES string of the molecule is C=C(C)C(=O)OCCN(C)c1ccc(N=Nc2ncn[nH]2)cn1. The lowest BCUT2D eigenvalue weighted by Crippen LogP contribution is -2.24. The van der Waals surface area contributed by atoms with Gasteiger partial charge in [-0.05, 0) is 19.1 Å². The molecule has 23 heavy (non-hydrogen) atoms. The van der Waals surface area contributed by atoms with Crippen molar-refractivity contribution in [2.45, 2.75) is 6.92 Å². The maximum absolute atomic E-state index is 11.3. The van der Waals surface area contributed by atoms with Crippen molar-refractivity contribution >= 4 is 23.4 Å². The molecule has 2 heterocycles. The molecule has 2 aromatic heterocycles. The zero-order chi connectivity index (χ0) is 16.7. The number of ether oxygens (including phenoxy) is 1. The van der Waals surface area contributed by atoms with Gasteiger partial charge in [0, 0.05) is 12.6 Å². The number of carbonyl (C=O) groups excluding carboxylic acids is 1. The van der Waals surface area contributed by atoms with Crippen LogP contribution in [0.25, 0.3) is 0 Å². The van der Waals surface area contributed by atoms with E-state index in [1.807, 2.05) is 11.9 Å². The van der Waals surface area contributed by atoms with Gasteiger partial charge in [-0.1, -0.05) is 6.58 Å². The normalized spacial score (nSPS) is 10.7. The average molecular weight is 315 g/mol. The number of pyridine rings is 1. The van der Waals surface area contributed by atoms with Gasteiger partial charge in [0.1, 0.15) is 24.4 Å². The molecule has 0 atom stereocenters. The molecular weight excluding hydrogens is 298 g/mol. The first kappa shape index (κ1) is 16.3. The van der Waals surface area contributed by atoms with Crippen LogP contribution in [0, 0.1) is 0 Å². The van der Waals surface area contributed by atoms with Crippen molar-refractivity contribution in [2.75, 3.05) is 25.1 Å². The second-order valence-corrected chi connectivity index (χ2v) is 4.72. The third-order valence-corrected chi connectivity index (χ3v) is 2.79. The summed E-state index contributed by atoms with van der Waals surface area (Å²) in [7, 11) is 1.85. The summed E-state index contributed by atoms with van der Waals surface area (Å²) >= 11 is 0. The molecule has 2 aromatic rings. The number of hydrogen-bond donors (Lipinski definition) is 1. The van der Waals surface area contributed by atoms with Gasteiger partial charge >= 0.3 is 5.97 Å². The van der Waals surface area contributed by atoms with Crippen LogP contribution < -0.4 is 4.90 Å². The molecule has 0 spiro atoms. The molecule has 0 radical (unpaired) electrons. The minimum Gasteiger partial charge on any atom is -0.460 e. The van der Waals surface area contributed by atoms with Crippen LogP contribution in [0.15, 0.2) is 47.0 Å². The highest BCUT2D eigenvalue weighted by molar-refractivity contribution is 5.86. The fourth-order valence-electron chi connectivity index (χ4n) is 1.53. The fourth-order valence-corrected chi connectivity index (χ4v) is 1.53. The number of aromatic amines is 1. The molecule has 0 unspecified atom stereocenters. The quantitative estimate of drug-likeness (QED) is 0.476. The highest BCUT2D eigenvalue weighted by Crippen LogP contribution is 2.17. The summed E-state index contributed by atoms with van der Waals surface area (Å²) in [5, 5.41) is 14.1. The Balaban J connectivity index is 1.86. The Kier molecular flexibility index (Phi) is 5.50. The number of anilines is 1. The number of nitrogens with one attached hydrogen (secondary N) is 1. The van der Waals surface area contributed by atoms with Crippen LogP contribution in [0.3, 0.4) is 0 Å². The van der Waals surface area contributed by atoms with Gasteiger partial charge in [-0.15, -0.1) is 10.2 Å². The molecule has 0 aliphatic rings. The number of rotatable bonds is 7. The first-order chi connectivity index (χ1) is 11.1. The van der Waals surface area contributed by atoms with Crippen LogP contribution >= 0.6 is 0 Å². The molecule has 120 valence electrons. The van der Waals surface area contributed by atoms with Crippen molar-refractivity contribution in [3.05, 3.63) is 36.8 Å². The van der Waals surface area contributed by atoms with Crippen LogP contribution in [0.5, 0.6) is 0 Å². The van der Waals surface area contributed by atoms with Crippen molar-refractivity contribution in [1.29, 1.82) is 0 Å². The van der Waals surface area contributed by atoms with E-state index in [-0.39, 0.29) is 6.61 Å². The number of likely N-dealkylation sites (N-methyl/N-ethyl adjacent to an activating group) is 1. The van der Waals surface area contributed by atoms with E-state index < -0.39 is 5.97 Å². The average Bonchev–Trinajstić information content (AvgIpc) is 3.06. The van der Waals surface area contributed by atoms with E-state index in [2.05, 4.69) is 37.0 Å². The summed E-state index contributed by atoms with van der Waals surface area (Å²) in [6, 6.07) is 3.58. The maximum Gasteiger partial charge on any atom is 0.333 e. The van der Waals surface area contributed by atoms with E-state index in [4.69, 9.17) is 4.74 Å². The largest absolute Gasteiger partial charge is 0.460 e. The standard InChI is InChI=1S/C14H17N7O2/c1-10(2)13(22)23-7-6-21(3)12-5-4-11(8-15-12)18-20-14-16-9-17-19-14/h4-5,8-9H,1,6-7H2,2-3H3,(H,16,17,19). The third kappa shape index (κ3) is 4.99. The predicted molar refractivity (Wildman–Crippen MR) is 83.8 cm³/mol. The minimum atomic E-state index is -0.394. The fraction of sp³-hybridized carbons (Fsp3) is 0.286. The Morgan fingerprint density at radius 2 is 2.22 bits per heavy atom. The van der Waals surface area contributed by atoms with Crippen molar-refractivity contribution < 1.29 is 9.53 Å². The Morgan fingerprint density at radius 3 is 2.83 bits per heavy atom. The van der Waals surface area contributed by atoms with Gasteiger partial charge in [-0.2, -0.15) is 10.1 Å². The second-order valence-electron chi connectivity index (χ2n) is 4.72. The predicted octanol–water partition coefficient (Wildman–Crippen LogP) is 2.17. The summed E-state index contributed by atoms with van der Waals surface area (Å²) in [6.45, 7) is 5.92. The van der Waals surface area contributed by atoms with E-state index in [1.165, 1.54) is 6.33 Å². The van der Waals surface area contributed by atoms with E-state index in [0.717, 1.165) is 5.82 Å². The molecule has 0 saturated heterocycles. The van der Waals surface area contributed by atoms with E-state index in [9.17, 15) is 4.79 Å². The Morgan fingerprint density at radius 1 is 1.39 bits per heavy atom. The second kappa shape index (κ2) is 7.78. The number of nitrogens with zero attached hydrogens (tertiary/aromatic N) is 6. The molecule has 0 aliphatic heterocycles. The number of azo groups is 1. The van der Waals surface area contributed by atoms with Crippen LogP contribution in [0.1, 0.15) is 6.92 Å². The van der Waals surface area contributed by atoms with Gasteiger partial charge in [0.2, 0.25) is 0 Å². The maximum atomic E-state index is 11.3. The summed E-state index contributed by atoms with van der Waals surface area (Å²) in [5.41, 5.74) is 0.972. The Hall–Kier alpha value is -3.10. The molecule has 0 saturated carbocycles. The highest BCUT2D eigenvalue weighted by atomic mass is 16.5. The molecule has 9 heteroatoms. The number of esters is 1. The number of hydrogen-bond acceptors (Lipinski definition) is 8. The summed E-state index contributed by atoms with van der Waals surface area (Å²) in [6.07, 6.45) is 2.94. The molecular formula is C14H17N7O2. The van der Waals surface area contributed by atoms with Crippen molar-refractivity contribution in [3.63, 3.8) is 0 Å². The lowest BCUT2D eigenvalue weighted by Gasteiger charge is -2.17. The third-order valence-electron chi connectivity index (χ3n) is 2.79. The first-order valence-electron chi connectivity index (χ1n) is 6.83. The lowest BCUT2D eigenvalue weighted by molar-refractivity contribution is -0.138. The number of carbonyl (C=O) groups is 1. The van der Waals surface area contributed by atoms with Gasteiger partial charge in [-0.3, -0.25) is 0 Å². The van der Waals surface area contributed by atoms with Gasteiger partial charge < -0.3 is 9.64 Å². The van der Waals surface area contributed by atoms with Crippen LogP contribution in [-0.4, -0.2) is 46.3 Å². The Bertz CT molecular complexity index is 680. The van der Waals surface area contributed by atoms with Gasteiger partial charge in [-0.25, -0.2) is 14.9 Å². The van der Waals surface area contributed by atoms with Crippen LogP contribution in [0.2, 0.25) is 0 Å². The summed E-state index contributed by atoms with van der Waals surface area (Å²) in [4.78, 5) is 21.3. The van der Waals surface area contributed by atoms with Gasteiger partial charge in [0.25, 0.3) is 5.95 Å². The molecule has 0 fully saturated rings. The van der Waals surface area contributed by atoms with Crippen LogP contribution in [-0.2, 0) is 9.53 Å². The zero-order valence-corrected chi connectivity index (χ0v) is 12.9. The van der Waals surface area contributed by atoms with Crippen LogP contribution in [0.4, 0.5) is 17.5 Å². The highest BCUT2D eigenvalue weighted by Gasteiger charge is 2.06. The molecule has 2 rings (SSSR count). The molecule has 0 aliphatic carbocycles. The summed E-state index contributed by atoms with van der Waals surface area (Å²) < 4.78 is 5.04. The monoisotopic (exact) mass is 315 g/mol. The van der Waals surface area contributed by atoms with E-state index in [0.29, 0.717) is 23.8 Å². The number of H-pyrrole nitrogens is 1. The van der Waals surface area contributed by atoms with Gasteiger partial charge in [0.05, 0.1) is 12.7 Å². The summed E-state index contributed by atoms with van der Waals surface area (Å²) in [5.74, 6) is 0.662. The van der Waals surface area contributed by atoms with Crippen molar-refractivity contribution in [2.24, 2.45) is 10.2 Å². The van der Waals surface area contributed by atoms with E-state index in [1.54, 1.807) is 25.3 Å². The smallest absolute Gasteiger partial charge is 0.333 e. The van der Waals surface area contributed by atoms with Crippen molar-refractivity contribution in [1.82, 2.24) is 20.2 Å².